The van der Waals surface area contributed by atoms with Crippen molar-refractivity contribution in [2.24, 2.45) is 5.14 Å². The number of carbonyl (C=O) groups excluding carboxylic acids is 1. The van der Waals surface area contributed by atoms with Gasteiger partial charge in [-0.15, -0.1) is 0 Å². The van der Waals surface area contributed by atoms with Crippen LogP contribution in [-0.2, 0) is 27.8 Å². The number of nitrogens with two attached hydrogens (primary N) is 1. The number of benzene rings is 2. The van der Waals surface area contributed by atoms with Crippen molar-refractivity contribution in [1.82, 2.24) is 5.32 Å². The van der Waals surface area contributed by atoms with Crippen LogP contribution in [0.2, 0.25) is 10.0 Å². The second-order valence-electron chi connectivity index (χ2n) is 5.29. The molecular weight excluding hydrogens is 371 g/mol. The van der Waals surface area contributed by atoms with Gasteiger partial charge in [-0.05, 0) is 47.9 Å². The molecule has 0 radical (unpaired) electrons. The van der Waals surface area contributed by atoms with Gasteiger partial charge in [0.15, 0.2) is 0 Å². The predicted octanol–water partition coefficient (Wildman–Crippen LogP) is 2.81. The lowest BCUT2D eigenvalue weighted by molar-refractivity contribution is -0.120. The highest BCUT2D eigenvalue weighted by molar-refractivity contribution is 7.89. The fourth-order valence-electron chi connectivity index (χ4n) is 2.16. The monoisotopic (exact) mass is 386 g/mol. The first-order chi connectivity index (χ1) is 11.2. The molecule has 0 atom stereocenters. The fourth-order valence-corrected chi connectivity index (χ4v) is 3.29. The van der Waals surface area contributed by atoms with Crippen molar-refractivity contribution in [2.45, 2.75) is 24.8 Å². The summed E-state index contributed by atoms with van der Waals surface area (Å²) in [6, 6.07) is 9.56. The molecule has 0 bridgehead atoms. The summed E-state index contributed by atoms with van der Waals surface area (Å²) in [5.74, 6) is -0.236. The van der Waals surface area contributed by atoms with Gasteiger partial charge >= 0.3 is 0 Å². The molecule has 3 N–H and O–H groups in total. The van der Waals surface area contributed by atoms with Crippen LogP contribution in [0, 0.1) is 6.92 Å². The second-order valence-corrected chi connectivity index (χ2v) is 7.66. The molecule has 5 nitrogen and oxygen atoms in total. The number of halogens is 2. The molecule has 0 aliphatic carbocycles. The Balaban J connectivity index is 2.04. The number of sulfonamides is 1. The van der Waals surface area contributed by atoms with E-state index in [-0.39, 0.29) is 23.8 Å². The Morgan fingerprint density at radius 1 is 1.17 bits per heavy atom. The molecule has 1 amide bonds. The summed E-state index contributed by atoms with van der Waals surface area (Å²) in [4.78, 5) is 12.1. The number of rotatable bonds is 5. The summed E-state index contributed by atoms with van der Waals surface area (Å²) < 4.78 is 22.6. The lowest BCUT2D eigenvalue weighted by Gasteiger charge is -2.11. The molecule has 0 saturated heterocycles. The van der Waals surface area contributed by atoms with E-state index in [4.69, 9.17) is 28.3 Å². The van der Waals surface area contributed by atoms with E-state index in [1.54, 1.807) is 31.2 Å². The average molecular weight is 387 g/mol. The van der Waals surface area contributed by atoms with Gasteiger partial charge in [0.25, 0.3) is 0 Å². The van der Waals surface area contributed by atoms with Crippen LogP contribution in [0.1, 0.15) is 16.7 Å². The molecule has 0 fully saturated rings. The molecule has 0 aliphatic rings. The molecule has 2 aromatic carbocycles. The maximum atomic E-state index is 12.1. The van der Waals surface area contributed by atoms with Crippen molar-refractivity contribution in [1.29, 1.82) is 0 Å². The molecule has 0 spiro atoms. The first-order valence-electron chi connectivity index (χ1n) is 7.00. The minimum Gasteiger partial charge on any atom is -0.352 e. The van der Waals surface area contributed by atoms with E-state index in [0.717, 1.165) is 11.1 Å². The Bertz CT molecular complexity index is 863. The van der Waals surface area contributed by atoms with Gasteiger partial charge < -0.3 is 5.32 Å². The molecule has 0 unspecified atom stereocenters. The molecule has 24 heavy (non-hydrogen) atoms. The number of carbonyl (C=O) groups is 1. The largest absolute Gasteiger partial charge is 0.352 e. The van der Waals surface area contributed by atoms with Crippen molar-refractivity contribution in [3.8, 4) is 0 Å². The third kappa shape index (κ3) is 4.70. The molecule has 0 aromatic heterocycles. The van der Waals surface area contributed by atoms with E-state index in [1.165, 1.54) is 12.1 Å². The van der Waals surface area contributed by atoms with E-state index >= 15 is 0 Å². The van der Waals surface area contributed by atoms with Crippen molar-refractivity contribution in [3.63, 3.8) is 0 Å². The summed E-state index contributed by atoms with van der Waals surface area (Å²) in [6.07, 6.45) is 0.0623. The maximum Gasteiger partial charge on any atom is 0.238 e. The highest BCUT2D eigenvalue weighted by Crippen LogP contribution is 2.24. The minimum atomic E-state index is -3.74. The third-order valence-electron chi connectivity index (χ3n) is 3.52. The first kappa shape index (κ1) is 18.7. The molecule has 128 valence electrons. The van der Waals surface area contributed by atoms with E-state index in [2.05, 4.69) is 5.32 Å². The van der Waals surface area contributed by atoms with Gasteiger partial charge in [-0.25, -0.2) is 13.6 Å². The highest BCUT2D eigenvalue weighted by atomic mass is 35.5. The molecule has 0 aliphatic heterocycles. The van der Waals surface area contributed by atoms with Crippen molar-refractivity contribution < 1.29 is 13.2 Å². The zero-order valence-electron chi connectivity index (χ0n) is 12.8. The Morgan fingerprint density at radius 2 is 1.79 bits per heavy atom. The van der Waals surface area contributed by atoms with Crippen LogP contribution in [0.15, 0.2) is 41.3 Å². The number of hydrogen-bond donors (Lipinski definition) is 2. The fraction of sp³-hybridized carbons (Fsp3) is 0.188. The van der Waals surface area contributed by atoms with E-state index in [0.29, 0.717) is 15.6 Å². The Hall–Kier alpha value is -1.60. The maximum absolute atomic E-state index is 12.1. The normalized spacial score (nSPS) is 11.3. The highest BCUT2D eigenvalue weighted by Gasteiger charge is 2.12. The average Bonchev–Trinajstić information content (AvgIpc) is 2.49. The SMILES string of the molecule is Cc1cc(S(N)(=O)=O)ccc1CNC(=O)Cc1c(Cl)cccc1Cl. The van der Waals surface area contributed by atoms with Gasteiger partial charge in [0, 0.05) is 16.6 Å². The smallest absolute Gasteiger partial charge is 0.238 e. The standard InChI is InChI=1S/C16H16Cl2N2O3S/c1-10-7-12(24(19,22)23)6-5-11(10)9-20-16(21)8-13-14(17)3-2-4-15(13)18/h2-7H,8-9H2,1H3,(H,20,21)(H2,19,22,23). The molecule has 0 saturated carbocycles. The van der Waals surface area contributed by atoms with Gasteiger partial charge in [-0.3, -0.25) is 4.79 Å². The van der Waals surface area contributed by atoms with Crippen LogP contribution in [0.25, 0.3) is 0 Å². The van der Waals surface area contributed by atoms with Gasteiger partial charge in [0.2, 0.25) is 15.9 Å². The number of amides is 1. The Labute approximate surface area is 150 Å². The molecular formula is C16H16Cl2N2O3S. The summed E-state index contributed by atoms with van der Waals surface area (Å²) in [5.41, 5.74) is 2.08. The first-order valence-corrected chi connectivity index (χ1v) is 9.30. The summed E-state index contributed by atoms with van der Waals surface area (Å²) in [6.45, 7) is 2.01. The second kappa shape index (κ2) is 7.53. The van der Waals surface area contributed by atoms with E-state index < -0.39 is 10.0 Å². The van der Waals surface area contributed by atoms with Crippen LogP contribution in [0.4, 0.5) is 0 Å². The van der Waals surface area contributed by atoms with E-state index in [9.17, 15) is 13.2 Å². The van der Waals surface area contributed by atoms with Gasteiger partial charge in [-0.1, -0.05) is 35.3 Å². The van der Waals surface area contributed by atoms with Crippen LogP contribution in [-0.4, -0.2) is 14.3 Å². The lowest BCUT2D eigenvalue weighted by Crippen LogP contribution is -2.25. The quantitative estimate of drug-likeness (QED) is 0.827. The van der Waals surface area contributed by atoms with Gasteiger partial charge in [0.1, 0.15) is 0 Å². The Kier molecular flexibility index (Phi) is 5.87. The van der Waals surface area contributed by atoms with Crippen LogP contribution < -0.4 is 10.5 Å². The van der Waals surface area contributed by atoms with Gasteiger partial charge in [-0.2, -0.15) is 0 Å². The third-order valence-corrected chi connectivity index (χ3v) is 5.14. The van der Waals surface area contributed by atoms with Crippen LogP contribution in [0.3, 0.4) is 0 Å². The predicted molar refractivity (Wildman–Crippen MR) is 94.6 cm³/mol. The molecule has 2 aromatic rings. The molecule has 0 heterocycles. The van der Waals surface area contributed by atoms with Crippen LogP contribution >= 0.6 is 23.2 Å². The number of aryl methyl sites for hydroxylation is 1. The summed E-state index contributed by atoms with van der Waals surface area (Å²) in [7, 11) is -3.74. The number of primary sulfonamides is 1. The van der Waals surface area contributed by atoms with Crippen molar-refractivity contribution in [2.75, 3.05) is 0 Å². The van der Waals surface area contributed by atoms with Crippen LogP contribution in [0.5, 0.6) is 0 Å². The number of hydrogen-bond acceptors (Lipinski definition) is 3. The summed E-state index contributed by atoms with van der Waals surface area (Å²) >= 11 is 12.1. The minimum absolute atomic E-state index is 0.0397. The lowest BCUT2D eigenvalue weighted by atomic mass is 10.1. The van der Waals surface area contributed by atoms with Crippen molar-refractivity contribution >= 4 is 39.1 Å². The Morgan fingerprint density at radius 3 is 2.33 bits per heavy atom. The summed E-state index contributed by atoms with van der Waals surface area (Å²) in [5, 5.41) is 8.73. The molecule has 2 rings (SSSR count). The van der Waals surface area contributed by atoms with Gasteiger partial charge in [0.05, 0.1) is 11.3 Å². The zero-order chi connectivity index (χ0) is 17.9. The zero-order valence-corrected chi connectivity index (χ0v) is 15.2. The number of nitrogens with one attached hydrogen (secondary N) is 1. The van der Waals surface area contributed by atoms with Crippen molar-refractivity contribution in [3.05, 3.63) is 63.1 Å². The van der Waals surface area contributed by atoms with E-state index in [1.807, 2.05) is 0 Å². The molecule has 8 heteroatoms. The topological polar surface area (TPSA) is 89.3 Å².